The van der Waals surface area contributed by atoms with E-state index in [2.05, 4.69) is 0 Å². The van der Waals surface area contributed by atoms with E-state index in [1.165, 1.54) is 0 Å². The number of nitrogens with two attached hydrogens (primary N) is 1. The van der Waals surface area contributed by atoms with Crippen LogP contribution in [0.4, 0.5) is 5.69 Å². The van der Waals surface area contributed by atoms with Gasteiger partial charge in [0.1, 0.15) is 12.2 Å². The Balaban J connectivity index is 2.42. The molecule has 1 atom stereocenters. The van der Waals surface area contributed by atoms with Crippen molar-refractivity contribution in [1.82, 2.24) is 0 Å². The molecule has 1 aliphatic rings. The number of nitriles is 1. The number of rotatable bonds is 1. The molecule has 1 aliphatic heterocycles. The Bertz CT molecular complexity index is 350. The molecule has 3 nitrogen and oxygen atoms in total. The largest absolute Gasteiger partial charge is 0.398 e. The van der Waals surface area contributed by atoms with Gasteiger partial charge >= 0.3 is 0 Å². The van der Waals surface area contributed by atoms with E-state index >= 15 is 0 Å². The van der Waals surface area contributed by atoms with E-state index in [9.17, 15) is 0 Å². The number of epoxide rings is 1. The van der Waals surface area contributed by atoms with Crippen LogP contribution in [0.25, 0.3) is 0 Å². The lowest BCUT2D eigenvalue weighted by Gasteiger charge is -1.99. The van der Waals surface area contributed by atoms with Gasteiger partial charge in [-0.1, -0.05) is 6.07 Å². The molecule has 0 aliphatic carbocycles. The van der Waals surface area contributed by atoms with E-state index in [1.807, 2.05) is 12.1 Å². The molecule has 0 radical (unpaired) electrons. The molecule has 1 aromatic carbocycles. The Morgan fingerprint density at radius 1 is 1.58 bits per heavy atom. The van der Waals surface area contributed by atoms with Gasteiger partial charge < -0.3 is 10.5 Å². The van der Waals surface area contributed by atoms with Gasteiger partial charge in [-0.15, -0.1) is 0 Å². The van der Waals surface area contributed by atoms with Crippen molar-refractivity contribution in [3.63, 3.8) is 0 Å². The number of hydrogen-bond acceptors (Lipinski definition) is 3. The van der Waals surface area contributed by atoms with Crippen LogP contribution in [-0.4, -0.2) is 6.61 Å². The molecule has 1 saturated heterocycles. The number of benzene rings is 1. The van der Waals surface area contributed by atoms with Gasteiger partial charge in [-0.3, -0.25) is 0 Å². The van der Waals surface area contributed by atoms with Crippen molar-refractivity contribution < 1.29 is 4.74 Å². The molecule has 1 unspecified atom stereocenters. The molecule has 1 aromatic rings. The summed E-state index contributed by atoms with van der Waals surface area (Å²) in [6, 6.07) is 7.46. The van der Waals surface area contributed by atoms with Crippen molar-refractivity contribution in [3.8, 4) is 6.07 Å². The molecule has 2 rings (SSSR count). The Hall–Kier alpha value is -1.53. The zero-order valence-corrected chi connectivity index (χ0v) is 6.45. The van der Waals surface area contributed by atoms with E-state index < -0.39 is 0 Å². The third kappa shape index (κ3) is 1.13. The van der Waals surface area contributed by atoms with E-state index in [0.29, 0.717) is 11.3 Å². The number of nitrogen functional groups attached to an aromatic ring is 1. The normalized spacial score (nSPS) is 20.1. The fraction of sp³-hybridized carbons (Fsp3) is 0.222. The van der Waals surface area contributed by atoms with Gasteiger partial charge in [-0.25, -0.2) is 0 Å². The predicted octanol–water partition coefficient (Wildman–Crippen LogP) is 1.21. The molecule has 60 valence electrons. The zero-order chi connectivity index (χ0) is 8.55. The zero-order valence-electron chi connectivity index (χ0n) is 6.45. The quantitative estimate of drug-likeness (QED) is 0.496. The van der Waals surface area contributed by atoms with Crippen molar-refractivity contribution in [3.05, 3.63) is 29.3 Å². The van der Waals surface area contributed by atoms with E-state index in [0.717, 1.165) is 12.2 Å². The maximum absolute atomic E-state index is 8.67. The second-order valence-electron chi connectivity index (χ2n) is 2.78. The van der Waals surface area contributed by atoms with Gasteiger partial charge in [0.05, 0.1) is 12.2 Å². The molecule has 0 aromatic heterocycles. The number of anilines is 1. The third-order valence-corrected chi connectivity index (χ3v) is 1.90. The van der Waals surface area contributed by atoms with Crippen molar-refractivity contribution >= 4 is 5.69 Å². The van der Waals surface area contributed by atoms with Gasteiger partial charge in [0, 0.05) is 5.69 Å². The van der Waals surface area contributed by atoms with Gasteiger partial charge in [0.25, 0.3) is 0 Å². The number of hydrogen-bond donors (Lipinski definition) is 1. The Labute approximate surface area is 70.4 Å². The molecular formula is C9H8N2O. The SMILES string of the molecule is N#Cc1cc(C2CO2)ccc1N. The second-order valence-corrected chi connectivity index (χ2v) is 2.78. The van der Waals surface area contributed by atoms with Crippen LogP contribution >= 0.6 is 0 Å². The summed E-state index contributed by atoms with van der Waals surface area (Å²) in [5.74, 6) is 0. The first-order chi connectivity index (χ1) is 5.81. The standard InChI is InChI=1S/C9H8N2O/c10-4-7-3-6(9-5-12-9)1-2-8(7)11/h1-3,9H,5,11H2. The molecule has 0 amide bonds. The summed E-state index contributed by atoms with van der Waals surface area (Å²) in [5, 5.41) is 8.67. The van der Waals surface area contributed by atoms with E-state index in [1.54, 1.807) is 12.1 Å². The molecule has 12 heavy (non-hydrogen) atoms. The predicted molar refractivity (Wildman–Crippen MR) is 44.3 cm³/mol. The van der Waals surface area contributed by atoms with Crippen LogP contribution in [0.2, 0.25) is 0 Å². The maximum atomic E-state index is 8.67. The van der Waals surface area contributed by atoms with Crippen LogP contribution in [-0.2, 0) is 4.74 Å². The number of ether oxygens (including phenoxy) is 1. The minimum absolute atomic E-state index is 0.192. The van der Waals surface area contributed by atoms with E-state index in [4.69, 9.17) is 15.7 Å². The summed E-state index contributed by atoms with van der Waals surface area (Å²) >= 11 is 0. The van der Waals surface area contributed by atoms with Crippen LogP contribution < -0.4 is 5.73 Å². The van der Waals surface area contributed by atoms with Crippen LogP contribution in [0.15, 0.2) is 18.2 Å². The fourth-order valence-electron chi connectivity index (χ4n) is 1.11. The fourth-order valence-corrected chi connectivity index (χ4v) is 1.11. The first-order valence-corrected chi connectivity index (χ1v) is 3.72. The maximum Gasteiger partial charge on any atom is 0.106 e. The highest BCUT2D eigenvalue weighted by atomic mass is 16.6. The minimum Gasteiger partial charge on any atom is -0.398 e. The van der Waals surface area contributed by atoms with Crippen LogP contribution in [0.1, 0.15) is 17.2 Å². The van der Waals surface area contributed by atoms with Crippen molar-refractivity contribution in [2.75, 3.05) is 12.3 Å². The Kier molecular flexibility index (Phi) is 1.49. The number of nitrogens with zero attached hydrogens (tertiary/aromatic N) is 1. The van der Waals surface area contributed by atoms with Crippen molar-refractivity contribution in [2.45, 2.75) is 6.10 Å². The molecule has 1 fully saturated rings. The van der Waals surface area contributed by atoms with Crippen molar-refractivity contribution in [1.29, 1.82) is 5.26 Å². The van der Waals surface area contributed by atoms with Gasteiger partial charge in [-0.2, -0.15) is 5.26 Å². The summed E-state index contributed by atoms with van der Waals surface area (Å²) in [4.78, 5) is 0. The van der Waals surface area contributed by atoms with Crippen LogP contribution in [0.3, 0.4) is 0 Å². The lowest BCUT2D eigenvalue weighted by atomic mass is 10.1. The molecule has 0 bridgehead atoms. The van der Waals surface area contributed by atoms with Crippen LogP contribution in [0, 0.1) is 11.3 Å². The minimum atomic E-state index is 0.192. The molecule has 1 heterocycles. The van der Waals surface area contributed by atoms with Gasteiger partial charge in [0.15, 0.2) is 0 Å². The highest BCUT2D eigenvalue weighted by Crippen LogP contribution is 2.31. The van der Waals surface area contributed by atoms with Gasteiger partial charge in [0.2, 0.25) is 0 Å². The average Bonchev–Trinajstić information content (AvgIpc) is 2.88. The molecule has 3 heteroatoms. The smallest absolute Gasteiger partial charge is 0.106 e. The summed E-state index contributed by atoms with van der Waals surface area (Å²) < 4.78 is 5.08. The molecule has 2 N–H and O–H groups in total. The molecule has 0 saturated carbocycles. The Morgan fingerprint density at radius 3 is 2.92 bits per heavy atom. The summed E-state index contributed by atoms with van der Waals surface area (Å²) in [7, 11) is 0. The molecule has 0 spiro atoms. The highest BCUT2D eigenvalue weighted by molar-refractivity contribution is 5.55. The highest BCUT2D eigenvalue weighted by Gasteiger charge is 2.24. The summed E-state index contributed by atoms with van der Waals surface area (Å²) in [6.07, 6.45) is 0.192. The molecular weight excluding hydrogens is 152 g/mol. The first-order valence-electron chi connectivity index (χ1n) is 3.72. The van der Waals surface area contributed by atoms with E-state index in [-0.39, 0.29) is 6.10 Å². The summed E-state index contributed by atoms with van der Waals surface area (Å²) in [5.41, 5.74) is 7.66. The summed E-state index contributed by atoms with van der Waals surface area (Å²) in [6.45, 7) is 0.759. The topological polar surface area (TPSA) is 62.3 Å². The van der Waals surface area contributed by atoms with Crippen molar-refractivity contribution in [2.24, 2.45) is 0 Å². The average molecular weight is 160 g/mol. The Morgan fingerprint density at radius 2 is 2.33 bits per heavy atom. The lowest BCUT2D eigenvalue weighted by molar-refractivity contribution is 0.415. The lowest BCUT2D eigenvalue weighted by Crippen LogP contribution is -1.91. The van der Waals surface area contributed by atoms with Gasteiger partial charge in [-0.05, 0) is 17.7 Å². The third-order valence-electron chi connectivity index (χ3n) is 1.90. The first kappa shape index (κ1) is 7.14. The second kappa shape index (κ2) is 2.50. The van der Waals surface area contributed by atoms with Crippen LogP contribution in [0.5, 0.6) is 0 Å². The monoisotopic (exact) mass is 160 g/mol.